The molecule has 7 aromatic carbocycles. The summed E-state index contributed by atoms with van der Waals surface area (Å²) >= 11 is 3.62. The highest BCUT2D eigenvalue weighted by molar-refractivity contribution is 7.26. The van der Waals surface area contributed by atoms with Crippen molar-refractivity contribution in [2.75, 3.05) is 0 Å². The monoisotopic (exact) mass is 687 g/mol. The number of aromatic nitrogens is 3. The van der Waals surface area contributed by atoms with Crippen molar-refractivity contribution in [2.24, 2.45) is 0 Å². The minimum absolute atomic E-state index is 0.646. The molecule has 4 nitrogen and oxygen atoms in total. The van der Waals surface area contributed by atoms with Crippen LogP contribution in [0.4, 0.5) is 0 Å². The lowest BCUT2D eigenvalue weighted by Crippen LogP contribution is -2.00. The summed E-state index contributed by atoms with van der Waals surface area (Å²) in [5.74, 6) is 1.95. The van der Waals surface area contributed by atoms with Crippen LogP contribution in [-0.2, 0) is 0 Å². The van der Waals surface area contributed by atoms with Crippen LogP contribution in [0.2, 0.25) is 0 Å². The molecule has 0 aliphatic rings. The number of rotatable bonds is 4. The smallest absolute Gasteiger partial charge is 0.164 e. The lowest BCUT2D eigenvalue weighted by molar-refractivity contribution is 0.670. The van der Waals surface area contributed by atoms with Crippen LogP contribution in [0.3, 0.4) is 0 Å². The molecule has 6 heteroatoms. The van der Waals surface area contributed by atoms with E-state index < -0.39 is 0 Å². The number of fused-ring (bicyclic) bond motifs is 9. The van der Waals surface area contributed by atoms with Crippen molar-refractivity contribution in [3.05, 3.63) is 152 Å². The fourth-order valence-electron chi connectivity index (χ4n) is 7.37. The number of thiophene rings is 2. The Morgan fingerprint density at radius 2 is 0.941 bits per heavy atom. The lowest BCUT2D eigenvalue weighted by atomic mass is 9.97. The van der Waals surface area contributed by atoms with E-state index in [0.29, 0.717) is 17.5 Å². The maximum absolute atomic E-state index is 6.50. The van der Waals surface area contributed by atoms with Gasteiger partial charge < -0.3 is 4.42 Å². The van der Waals surface area contributed by atoms with E-state index in [9.17, 15) is 0 Å². The summed E-state index contributed by atoms with van der Waals surface area (Å²) in [4.78, 5) is 15.3. The quantitative estimate of drug-likeness (QED) is 0.185. The Hall–Kier alpha value is -6.21. The average Bonchev–Trinajstić information content (AvgIpc) is 3.89. The topological polar surface area (TPSA) is 51.8 Å². The molecule has 238 valence electrons. The zero-order valence-corrected chi connectivity index (χ0v) is 28.6. The van der Waals surface area contributed by atoms with Gasteiger partial charge in [0.1, 0.15) is 11.2 Å². The van der Waals surface area contributed by atoms with E-state index in [-0.39, 0.29) is 0 Å². The predicted molar refractivity (Wildman–Crippen MR) is 215 cm³/mol. The number of hydrogen-bond acceptors (Lipinski definition) is 6. The zero-order valence-electron chi connectivity index (χ0n) is 27.0. The summed E-state index contributed by atoms with van der Waals surface area (Å²) in [5.41, 5.74) is 6.91. The standard InChI is InChI=1S/C45H25N3OS2/c1-2-10-26(11-3-1)43-46-44(27-20-22-38-34(24-27)30-13-5-7-18-37(30)50-38)48-45(47-43)28-21-23-39-35(25-28)41-31(14-9-19-40(41)51-39)33-16-8-15-32-29-12-4-6-17-36(29)49-42(32)33/h1-25H. The second-order valence-corrected chi connectivity index (χ2v) is 14.9. The van der Waals surface area contributed by atoms with E-state index >= 15 is 0 Å². The van der Waals surface area contributed by atoms with Crippen molar-refractivity contribution in [2.45, 2.75) is 0 Å². The minimum Gasteiger partial charge on any atom is -0.455 e. The molecule has 11 aromatic rings. The number of furan rings is 1. The van der Waals surface area contributed by atoms with E-state index in [2.05, 4.69) is 121 Å². The van der Waals surface area contributed by atoms with E-state index in [1.165, 1.54) is 40.3 Å². The molecule has 0 atom stereocenters. The highest BCUT2D eigenvalue weighted by atomic mass is 32.1. The molecule has 0 amide bonds. The van der Waals surface area contributed by atoms with Crippen LogP contribution in [0.5, 0.6) is 0 Å². The van der Waals surface area contributed by atoms with E-state index in [4.69, 9.17) is 19.4 Å². The molecule has 0 saturated heterocycles. The third-order valence-corrected chi connectivity index (χ3v) is 12.0. The average molecular weight is 688 g/mol. The van der Waals surface area contributed by atoms with Crippen LogP contribution in [0.25, 0.3) is 108 Å². The van der Waals surface area contributed by atoms with Crippen LogP contribution in [0.1, 0.15) is 0 Å². The second-order valence-electron chi connectivity index (χ2n) is 12.8. The van der Waals surface area contributed by atoms with Crippen molar-refractivity contribution >= 4 is 85.0 Å². The lowest BCUT2D eigenvalue weighted by Gasteiger charge is -2.09. The van der Waals surface area contributed by atoms with E-state index in [0.717, 1.165) is 49.8 Å². The number of nitrogens with zero attached hydrogens (tertiary/aromatic N) is 3. The molecule has 0 radical (unpaired) electrons. The van der Waals surface area contributed by atoms with Gasteiger partial charge in [-0.3, -0.25) is 0 Å². The summed E-state index contributed by atoms with van der Waals surface area (Å²) in [6.07, 6.45) is 0. The Kier molecular flexibility index (Phi) is 6.26. The van der Waals surface area contributed by atoms with Gasteiger partial charge >= 0.3 is 0 Å². The Balaban J connectivity index is 1.12. The highest BCUT2D eigenvalue weighted by Gasteiger charge is 2.19. The van der Waals surface area contributed by atoms with Crippen LogP contribution in [-0.4, -0.2) is 15.0 Å². The maximum Gasteiger partial charge on any atom is 0.164 e. The van der Waals surface area contributed by atoms with Crippen molar-refractivity contribution in [3.63, 3.8) is 0 Å². The zero-order chi connectivity index (χ0) is 33.5. The number of benzene rings is 7. The molecule has 0 saturated carbocycles. The Bertz CT molecular complexity index is 3160. The summed E-state index contributed by atoms with van der Waals surface area (Å²) in [6.45, 7) is 0. The first kappa shape index (κ1) is 28.6. The maximum atomic E-state index is 6.50. The summed E-state index contributed by atoms with van der Waals surface area (Å²) < 4.78 is 11.5. The Morgan fingerprint density at radius 3 is 1.76 bits per heavy atom. The van der Waals surface area contributed by atoms with Crippen molar-refractivity contribution in [3.8, 4) is 45.3 Å². The van der Waals surface area contributed by atoms with Gasteiger partial charge in [-0.15, -0.1) is 22.7 Å². The van der Waals surface area contributed by atoms with Gasteiger partial charge in [0.25, 0.3) is 0 Å². The van der Waals surface area contributed by atoms with Crippen molar-refractivity contribution in [1.29, 1.82) is 0 Å². The first-order valence-electron chi connectivity index (χ1n) is 16.8. The van der Waals surface area contributed by atoms with Gasteiger partial charge in [0.05, 0.1) is 0 Å². The second kappa shape index (κ2) is 11.2. The summed E-state index contributed by atoms with van der Waals surface area (Å²) in [7, 11) is 0. The molecule has 0 spiro atoms. The molecule has 0 aliphatic carbocycles. The molecular weight excluding hydrogens is 663 g/mol. The number of hydrogen-bond donors (Lipinski definition) is 0. The third kappa shape index (κ3) is 4.54. The van der Waals surface area contributed by atoms with E-state index in [1.807, 2.05) is 41.7 Å². The molecule has 0 bridgehead atoms. The Labute approximate surface area is 299 Å². The predicted octanol–water partition coefficient (Wildman–Crippen LogP) is 13.2. The minimum atomic E-state index is 0.646. The van der Waals surface area contributed by atoms with Gasteiger partial charge in [-0.1, -0.05) is 97.1 Å². The van der Waals surface area contributed by atoms with Crippen LogP contribution < -0.4 is 0 Å². The fraction of sp³-hybridized carbons (Fsp3) is 0. The molecule has 0 fully saturated rings. The summed E-state index contributed by atoms with van der Waals surface area (Å²) in [6, 6.07) is 53.2. The van der Waals surface area contributed by atoms with Gasteiger partial charge in [-0.25, -0.2) is 15.0 Å². The molecule has 11 rings (SSSR count). The highest BCUT2D eigenvalue weighted by Crippen LogP contribution is 2.44. The van der Waals surface area contributed by atoms with Gasteiger partial charge in [0.15, 0.2) is 17.5 Å². The van der Waals surface area contributed by atoms with Gasteiger partial charge in [-0.2, -0.15) is 0 Å². The van der Waals surface area contributed by atoms with Crippen molar-refractivity contribution < 1.29 is 4.42 Å². The third-order valence-electron chi connectivity index (χ3n) is 9.75. The normalized spacial score (nSPS) is 11.9. The Morgan fingerprint density at radius 1 is 0.373 bits per heavy atom. The molecule has 0 N–H and O–H groups in total. The molecule has 0 unspecified atom stereocenters. The molecule has 51 heavy (non-hydrogen) atoms. The van der Waals surface area contributed by atoms with Gasteiger partial charge in [0, 0.05) is 73.4 Å². The van der Waals surface area contributed by atoms with Crippen LogP contribution in [0.15, 0.2) is 156 Å². The SMILES string of the molecule is c1ccc(-c2nc(-c3ccc4sc5ccccc5c4c3)nc(-c3ccc4sc5cccc(-c6cccc7c6oc6ccccc67)c5c4c3)n2)cc1. The fourth-order valence-corrected chi connectivity index (χ4v) is 9.56. The first-order chi connectivity index (χ1) is 25.2. The van der Waals surface area contributed by atoms with Crippen LogP contribution in [0, 0.1) is 0 Å². The molecular formula is C45H25N3OS2. The van der Waals surface area contributed by atoms with Gasteiger partial charge in [-0.05, 0) is 60.2 Å². The molecule has 4 aromatic heterocycles. The van der Waals surface area contributed by atoms with Gasteiger partial charge in [0.2, 0.25) is 0 Å². The molecule has 4 heterocycles. The van der Waals surface area contributed by atoms with Crippen LogP contribution >= 0.6 is 22.7 Å². The number of para-hydroxylation sites is 2. The molecule has 0 aliphatic heterocycles. The van der Waals surface area contributed by atoms with Crippen molar-refractivity contribution in [1.82, 2.24) is 15.0 Å². The largest absolute Gasteiger partial charge is 0.455 e. The summed E-state index contributed by atoms with van der Waals surface area (Å²) in [5, 5.41) is 7.10. The van der Waals surface area contributed by atoms with E-state index in [1.54, 1.807) is 11.3 Å². The first-order valence-corrected chi connectivity index (χ1v) is 18.5.